The maximum Gasteiger partial charge on any atom is 0.291 e. The average molecular weight is 497 g/mol. The Morgan fingerprint density at radius 2 is 1.60 bits per heavy atom. The van der Waals surface area contributed by atoms with Gasteiger partial charge in [-0.1, -0.05) is 58.3 Å². The lowest BCUT2D eigenvalue weighted by Gasteiger charge is -2.52. The lowest BCUT2D eigenvalue weighted by Crippen LogP contribution is -2.76. The summed E-state index contributed by atoms with van der Waals surface area (Å²) < 4.78 is 37.6. The first kappa shape index (κ1) is 26.8. The van der Waals surface area contributed by atoms with E-state index < -0.39 is 35.3 Å². The van der Waals surface area contributed by atoms with Crippen LogP contribution in [0, 0.1) is 0 Å². The zero-order chi connectivity index (χ0) is 25.3. The van der Waals surface area contributed by atoms with Crippen LogP contribution < -0.4 is 0 Å². The van der Waals surface area contributed by atoms with Crippen molar-refractivity contribution in [3.63, 3.8) is 0 Å². The Bertz CT molecular complexity index is 799. The number of rotatable bonds is 10. The minimum Gasteiger partial charge on any atom is -0.442 e. The van der Waals surface area contributed by atoms with E-state index in [9.17, 15) is 4.79 Å². The molecular weight excluding hydrogens is 452 g/mol. The van der Waals surface area contributed by atoms with E-state index in [4.69, 9.17) is 28.4 Å². The zero-order valence-electron chi connectivity index (χ0n) is 22.4. The molecular formula is C26H44N2O7. The van der Waals surface area contributed by atoms with Crippen molar-refractivity contribution in [1.29, 1.82) is 0 Å². The monoisotopic (exact) mass is 496 g/mol. The first-order valence-electron chi connectivity index (χ1n) is 13.5. The summed E-state index contributed by atoms with van der Waals surface area (Å²) in [6.07, 6.45) is 10.6. The molecule has 0 bridgehead atoms. The van der Waals surface area contributed by atoms with Crippen molar-refractivity contribution in [2.45, 2.75) is 141 Å². The smallest absolute Gasteiger partial charge is 0.291 e. The molecule has 0 aromatic rings. The van der Waals surface area contributed by atoms with Gasteiger partial charge in [-0.05, 0) is 34.1 Å². The van der Waals surface area contributed by atoms with Crippen molar-refractivity contribution in [3.8, 4) is 0 Å². The summed E-state index contributed by atoms with van der Waals surface area (Å²) in [5.74, 6) is -2.96. The van der Waals surface area contributed by atoms with Gasteiger partial charge in [0.1, 0.15) is 12.7 Å². The van der Waals surface area contributed by atoms with Gasteiger partial charge in [0, 0.05) is 13.3 Å². The molecule has 200 valence electrons. The first-order chi connectivity index (χ1) is 16.5. The van der Waals surface area contributed by atoms with Gasteiger partial charge in [0.05, 0.1) is 6.61 Å². The number of unbranched alkanes of at least 4 members (excludes halogenated alkanes) is 8. The predicted molar refractivity (Wildman–Crippen MR) is 129 cm³/mol. The molecule has 0 saturated carbocycles. The number of hydrogen-bond acceptors (Lipinski definition) is 8. The fourth-order valence-electron chi connectivity index (χ4n) is 5.64. The van der Waals surface area contributed by atoms with Crippen LogP contribution in [0.15, 0.2) is 5.10 Å². The summed E-state index contributed by atoms with van der Waals surface area (Å²) >= 11 is 0. The van der Waals surface area contributed by atoms with Crippen molar-refractivity contribution >= 4 is 11.8 Å². The van der Waals surface area contributed by atoms with E-state index in [0.29, 0.717) is 12.3 Å². The third-order valence-electron chi connectivity index (χ3n) is 7.21. The van der Waals surface area contributed by atoms with Gasteiger partial charge in [0.25, 0.3) is 11.5 Å². The molecule has 0 radical (unpaired) electrons. The zero-order valence-corrected chi connectivity index (χ0v) is 22.4. The summed E-state index contributed by atoms with van der Waals surface area (Å²) in [6.45, 7) is 11.4. The fourth-order valence-corrected chi connectivity index (χ4v) is 5.64. The van der Waals surface area contributed by atoms with E-state index in [0.717, 1.165) is 12.8 Å². The van der Waals surface area contributed by atoms with Crippen LogP contribution in [-0.2, 0) is 33.2 Å². The van der Waals surface area contributed by atoms with E-state index in [-0.39, 0.29) is 19.1 Å². The molecule has 9 heteroatoms. The van der Waals surface area contributed by atoms with Gasteiger partial charge in [-0.25, -0.2) is 0 Å². The summed E-state index contributed by atoms with van der Waals surface area (Å²) in [5.41, 5.74) is -1.47. The van der Waals surface area contributed by atoms with E-state index in [2.05, 4.69) is 12.0 Å². The highest BCUT2D eigenvalue weighted by atomic mass is 16.9. The normalized spacial score (nSPS) is 34.9. The Labute approximate surface area is 209 Å². The topological polar surface area (TPSA) is 88.1 Å². The standard InChI is InChI=1S/C26H44N2O7/c1-7-8-9-10-11-12-13-14-15-16-21-27-28(19(2)29)26(33-21)22-20(32-24(5,6)34-22)17-30-25(26)18-31-23(3,4)35-25/h20,22H,7-18H2,1-6H3/t20-,22-,25+,26-/m1/s1. The minimum atomic E-state index is -1.47. The third-order valence-corrected chi connectivity index (χ3v) is 7.21. The summed E-state index contributed by atoms with van der Waals surface area (Å²) in [5, 5.41) is 5.98. The molecule has 0 aromatic carbocycles. The number of nitrogens with zero attached hydrogens (tertiary/aromatic N) is 2. The number of carbonyl (C=O) groups is 1. The van der Waals surface area contributed by atoms with Gasteiger partial charge in [-0.15, -0.1) is 5.10 Å². The van der Waals surface area contributed by atoms with E-state index in [1.54, 1.807) is 0 Å². The summed E-state index contributed by atoms with van der Waals surface area (Å²) in [4.78, 5) is 12.9. The maximum atomic E-state index is 12.9. The second-order valence-corrected chi connectivity index (χ2v) is 11.2. The van der Waals surface area contributed by atoms with Crippen LogP contribution in [0.4, 0.5) is 0 Å². The molecule has 2 spiro atoms. The summed E-state index contributed by atoms with van der Waals surface area (Å²) in [6, 6.07) is 0. The van der Waals surface area contributed by atoms with Crippen molar-refractivity contribution in [2.75, 3.05) is 13.2 Å². The fraction of sp³-hybridized carbons (Fsp3) is 0.923. The van der Waals surface area contributed by atoms with Gasteiger partial charge in [-0.3, -0.25) is 4.79 Å². The molecule has 35 heavy (non-hydrogen) atoms. The van der Waals surface area contributed by atoms with Gasteiger partial charge >= 0.3 is 0 Å². The number of carbonyl (C=O) groups excluding carboxylic acids is 1. The predicted octanol–water partition coefficient (Wildman–Crippen LogP) is 4.83. The van der Waals surface area contributed by atoms with Crippen molar-refractivity contribution in [2.24, 2.45) is 5.10 Å². The Hall–Kier alpha value is -1.26. The highest BCUT2D eigenvalue weighted by Crippen LogP contribution is 2.54. The van der Waals surface area contributed by atoms with Crippen LogP contribution in [0.2, 0.25) is 0 Å². The average Bonchev–Trinajstić information content (AvgIpc) is 3.42. The molecule has 4 aliphatic heterocycles. The molecule has 0 aliphatic carbocycles. The van der Waals surface area contributed by atoms with Crippen LogP contribution in [-0.4, -0.2) is 65.3 Å². The molecule has 4 rings (SSSR count). The van der Waals surface area contributed by atoms with E-state index >= 15 is 0 Å². The maximum absolute atomic E-state index is 12.9. The second-order valence-electron chi connectivity index (χ2n) is 11.2. The highest BCUT2D eigenvalue weighted by molar-refractivity contribution is 5.83. The van der Waals surface area contributed by atoms with Crippen molar-refractivity contribution in [1.82, 2.24) is 5.01 Å². The number of hydrogen-bond donors (Lipinski definition) is 0. The molecule has 0 aromatic heterocycles. The molecule has 0 unspecified atom stereocenters. The quantitative estimate of drug-likeness (QED) is 0.401. The van der Waals surface area contributed by atoms with Crippen LogP contribution in [0.1, 0.15) is 106 Å². The lowest BCUT2D eigenvalue weighted by atomic mass is 9.88. The number of amides is 1. The molecule has 4 atom stereocenters. The second kappa shape index (κ2) is 10.2. The molecule has 4 aliphatic rings. The number of ether oxygens (including phenoxy) is 6. The van der Waals surface area contributed by atoms with E-state index in [1.165, 1.54) is 56.9 Å². The molecule has 9 nitrogen and oxygen atoms in total. The lowest BCUT2D eigenvalue weighted by molar-refractivity contribution is -0.386. The van der Waals surface area contributed by atoms with Crippen LogP contribution in [0.25, 0.3) is 0 Å². The largest absolute Gasteiger partial charge is 0.442 e. The summed E-state index contributed by atoms with van der Waals surface area (Å²) in [7, 11) is 0. The Morgan fingerprint density at radius 3 is 2.20 bits per heavy atom. The highest BCUT2D eigenvalue weighted by Gasteiger charge is 2.78. The molecule has 4 heterocycles. The number of hydrazone groups is 1. The minimum absolute atomic E-state index is 0.0810. The van der Waals surface area contributed by atoms with Crippen LogP contribution in [0.5, 0.6) is 0 Å². The van der Waals surface area contributed by atoms with Crippen LogP contribution in [0.3, 0.4) is 0 Å². The van der Waals surface area contributed by atoms with Crippen LogP contribution >= 0.6 is 0 Å². The SMILES string of the molecule is CCCCCCCCCCCC1=NN(C(C)=O)[C@@]2(O1)[C@@H]1OC(C)(C)O[C@@H]1CO[C@]21COC(C)(C)O1. The van der Waals surface area contributed by atoms with Gasteiger partial charge < -0.3 is 28.4 Å². The molecule has 0 N–H and O–H groups in total. The molecule has 3 saturated heterocycles. The van der Waals surface area contributed by atoms with Crippen molar-refractivity contribution in [3.05, 3.63) is 0 Å². The first-order valence-corrected chi connectivity index (χ1v) is 13.5. The van der Waals surface area contributed by atoms with Gasteiger partial charge in [0.15, 0.2) is 17.7 Å². The third kappa shape index (κ3) is 5.25. The van der Waals surface area contributed by atoms with Crippen molar-refractivity contribution < 1.29 is 33.2 Å². The Kier molecular flexibility index (Phi) is 7.84. The number of fused-ring (bicyclic) bond motifs is 3. The van der Waals surface area contributed by atoms with E-state index in [1.807, 2.05) is 27.7 Å². The Morgan fingerprint density at radius 1 is 0.943 bits per heavy atom. The van der Waals surface area contributed by atoms with Gasteiger partial charge in [-0.2, -0.15) is 5.01 Å². The Balaban J connectivity index is 1.47. The van der Waals surface area contributed by atoms with Gasteiger partial charge in [0.2, 0.25) is 11.8 Å². The molecule has 3 fully saturated rings. The molecule has 1 amide bonds.